The number of aryl methyl sites for hydroxylation is 4. The van der Waals surface area contributed by atoms with Gasteiger partial charge in [-0.3, -0.25) is 22.9 Å². The Morgan fingerprint density at radius 2 is 1.82 bits per heavy atom. The van der Waals surface area contributed by atoms with Crippen molar-refractivity contribution >= 4 is 16.9 Å². The SMILES string of the molecule is Cc1ccc(-n2c(C)cn3c4c(=O)n(CC(C)C)c(=O)n(C)c4nc23)c(C)c1. The quantitative estimate of drug-likeness (QED) is 0.550. The van der Waals surface area contributed by atoms with Gasteiger partial charge in [-0.05, 0) is 38.3 Å². The lowest BCUT2D eigenvalue weighted by molar-refractivity contribution is 0.484. The van der Waals surface area contributed by atoms with E-state index in [9.17, 15) is 9.59 Å². The monoisotopic (exact) mass is 379 g/mol. The van der Waals surface area contributed by atoms with Gasteiger partial charge in [-0.1, -0.05) is 31.5 Å². The van der Waals surface area contributed by atoms with Crippen LogP contribution in [0.5, 0.6) is 0 Å². The molecule has 4 rings (SSSR count). The van der Waals surface area contributed by atoms with E-state index in [1.807, 2.05) is 35.9 Å². The maximum atomic E-state index is 13.2. The van der Waals surface area contributed by atoms with Gasteiger partial charge in [-0.2, -0.15) is 4.98 Å². The van der Waals surface area contributed by atoms with Crippen LogP contribution in [0, 0.1) is 26.7 Å². The molecule has 0 N–H and O–H groups in total. The van der Waals surface area contributed by atoms with Crippen LogP contribution in [-0.2, 0) is 13.6 Å². The van der Waals surface area contributed by atoms with Crippen LogP contribution < -0.4 is 11.2 Å². The van der Waals surface area contributed by atoms with Crippen molar-refractivity contribution in [2.24, 2.45) is 13.0 Å². The highest BCUT2D eigenvalue weighted by atomic mass is 16.2. The van der Waals surface area contributed by atoms with Crippen molar-refractivity contribution in [3.05, 3.63) is 62.1 Å². The van der Waals surface area contributed by atoms with E-state index in [0.29, 0.717) is 23.5 Å². The van der Waals surface area contributed by atoms with E-state index in [1.165, 1.54) is 14.7 Å². The first kappa shape index (κ1) is 18.3. The van der Waals surface area contributed by atoms with Crippen LogP contribution in [0.25, 0.3) is 22.6 Å². The maximum Gasteiger partial charge on any atom is 0.332 e. The predicted molar refractivity (Wildman–Crippen MR) is 111 cm³/mol. The van der Waals surface area contributed by atoms with E-state index in [-0.39, 0.29) is 17.2 Å². The van der Waals surface area contributed by atoms with E-state index in [1.54, 1.807) is 7.05 Å². The summed E-state index contributed by atoms with van der Waals surface area (Å²) in [6.07, 6.45) is 1.91. The molecule has 28 heavy (non-hydrogen) atoms. The average molecular weight is 379 g/mol. The lowest BCUT2D eigenvalue weighted by Gasteiger charge is -2.10. The first-order chi connectivity index (χ1) is 13.2. The Morgan fingerprint density at radius 3 is 2.46 bits per heavy atom. The summed E-state index contributed by atoms with van der Waals surface area (Å²) in [6, 6.07) is 6.25. The fourth-order valence-electron chi connectivity index (χ4n) is 3.89. The van der Waals surface area contributed by atoms with Gasteiger partial charge in [0, 0.05) is 25.5 Å². The zero-order valence-corrected chi connectivity index (χ0v) is 17.1. The minimum Gasteiger partial charge on any atom is -0.283 e. The minimum atomic E-state index is -0.332. The smallest absolute Gasteiger partial charge is 0.283 e. The van der Waals surface area contributed by atoms with Crippen molar-refractivity contribution < 1.29 is 0 Å². The molecule has 1 aromatic carbocycles. The van der Waals surface area contributed by atoms with Crippen LogP contribution in [0.3, 0.4) is 0 Å². The first-order valence-corrected chi connectivity index (χ1v) is 9.48. The van der Waals surface area contributed by atoms with Gasteiger partial charge in [0.2, 0.25) is 5.78 Å². The number of nitrogens with zero attached hydrogens (tertiary/aromatic N) is 5. The third-order valence-electron chi connectivity index (χ3n) is 5.17. The molecule has 0 spiro atoms. The van der Waals surface area contributed by atoms with Crippen molar-refractivity contribution in [2.75, 3.05) is 0 Å². The molecule has 0 aliphatic heterocycles. The minimum absolute atomic E-state index is 0.188. The molecule has 0 atom stereocenters. The van der Waals surface area contributed by atoms with Crippen LogP contribution >= 0.6 is 0 Å². The number of rotatable bonds is 3. The molecule has 0 bridgehead atoms. The van der Waals surface area contributed by atoms with Crippen molar-refractivity contribution in [2.45, 2.75) is 41.2 Å². The molecular weight excluding hydrogens is 354 g/mol. The molecule has 0 fully saturated rings. The van der Waals surface area contributed by atoms with E-state index in [2.05, 4.69) is 32.0 Å². The van der Waals surface area contributed by atoms with E-state index in [4.69, 9.17) is 4.98 Å². The topological polar surface area (TPSA) is 66.2 Å². The van der Waals surface area contributed by atoms with Crippen molar-refractivity contribution in [3.63, 3.8) is 0 Å². The van der Waals surface area contributed by atoms with Gasteiger partial charge in [-0.25, -0.2) is 4.79 Å². The Hall–Kier alpha value is -3.09. The van der Waals surface area contributed by atoms with Crippen molar-refractivity contribution in [1.82, 2.24) is 23.1 Å². The largest absolute Gasteiger partial charge is 0.332 e. The number of hydrogen-bond donors (Lipinski definition) is 0. The Bertz CT molecular complexity index is 1350. The lowest BCUT2D eigenvalue weighted by atomic mass is 10.1. The molecule has 7 heteroatoms. The standard InChI is InChI=1S/C21H25N5O2/c1-12(2)10-25-19(27)17-18(23(6)21(25)28)22-20-24(17)11-15(5)26(20)16-8-7-13(3)9-14(16)4/h7-9,11-12H,10H2,1-6H3. The average Bonchev–Trinajstić information content (AvgIpc) is 3.12. The molecule has 0 aliphatic carbocycles. The molecule has 0 aliphatic rings. The second-order valence-electron chi connectivity index (χ2n) is 8.00. The van der Waals surface area contributed by atoms with E-state index >= 15 is 0 Å². The summed E-state index contributed by atoms with van der Waals surface area (Å²) in [5, 5.41) is 0. The molecule has 146 valence electrons. The second kappa shape index (κ2) is 6.22. The summed E-state index contributed by atoms with van der Waals surface area (Å²) in [6.45, 7) is 10.5. The van der Waals surface area contributed by atoms with Crippen LogP contribution in [0.15, 0.2) is 34.0 Å². The predicted octanol–water partition coefficient (Wildman–Crippen LogP) is 2.72. The highest BCUT2D eigenvalue weighted by Gasteiger charge is 2.21. The zero-order chi connectivity index (χ0) is 20.3. The van der Waals surface area contributed by atoms with Crippen molar-refractivity contribution in [3.8, 4) is 5.69 Å². The lowest BCUT2D eigenvalue weighted by Crippen LogP contribution is -2.40. The third kappa shape index (κ3) is 2.53. The molecule has 0 saturated heterocycles. The van der Waals surface area contributed by atoms with E-state index in [0.717, 1.165) is 16.9 Å². The number of hydrogen-bond acceptors (Lipinski definition) is 3. The summed E-state index contributed by atoms with van der Waals surface area (Å²) in [4.78, 5) is 30.6. The summed E-state index contributed by atoms with van der Waals surface area (Å²) >= 11 is 0. The van der Waals surface area contributed by atoms with Gasteiger partial charge in [0.1, 0.15) is 0 Å². The van der Waals surface area contributed by atoms with Crippen LogP contribution in [0.4, 0.5) is 0 Å². The van der Waals surface area contributed by atoms with Gasteiger partial charge in [-0.15, -0.1) is 0 Å². The number of fused-ring (bicyclic) bond motifs is 3. The summed E-state index contributed by atoms with van der Waals surface area (Å²) in [5.41, 5.74) is 4.52. The van der Waals surface area contributed by atoms with Gasteiger partial charge < -0.3 is 0 Å². The number of aromatic nitrogens is 5. The Labute approximate surface area is 162 Å². The van der Waals surface area contributed by atoms with Crippen molar-refractivity contribution in [1.29, 1.82) is 0 Å². The second-order valence-corrected chi connectivity index (χ2v) is 8.00. The zero-order valence-electron chi connectivity index (χ0n) is 17.1. The number of imidazole rings is 2. The molecule has 0 saturated carbocycles. The van der Waals surface area contributed by atoms with Crippen LogP contribution in [0.1, 0.15) is 30.7 Å². The fourth-order valence-corrected chi connectivity index (χ4v) is 3.89. The third-order valence-corrected chi connectivity index (χ3v) is 5.17. The number of benzene rings is 1. The fraction of sp³-hybridized carbons (Fsp3) is 0.381. The molecule has 4 aromatic rings. The maximum absolute atomic E-state index is 13.2. The highest BCUT2D eigenvalue weighted by Crippen LogP contribution is 2.23. The summed E-state index contributed by atoms with van der Waals surface area (Å²) in [7, 11) is 1.67. The molecule has 0 unspecified atom stereocenters. The van der Waals surface area contributed by atoms with Gasteiger partial charge in [0.05, 0.1) is 5.69 Å². The Morgan fingerprint density at radius 1 is 1.11 bits per heavy atom. The molecule has 3 aromatic heterocycles. The van der Waals surface area contributed by atoms with E-state index < -0.39 is 0 Å². The molecular formula is C21H25N5O2. The van der Waals surface area contributed by atoms with Gasteiger partial charge in [0.25, 0.3) is 5.56 Å². The summed E-state index contributed by atoms with van der Waals surface area (Å²) < 4.78 is 6.62. The highest BCUT2D eigenvalue weighted by molar-refractivity contribution is 5.76. The van der Waals surface area contributed by atoms with Gasteiger partial charge >= 0.3 is 5.69 Å². The molecule has 0 radical (unpaired) electrons. The molecule has 7 nitrogen and oxygen atoms in total. The normalized spacial score (nSPS) is 12.0. The van der Waals surface area contributed by atoms with Crippen LogP contribution in [-0.4, -0.2) is 23.1 Å². The Balaban J connectivity index is 2.12. The Kier molecular flexibility index (Phi) is 4.06. The van der Waals surface area contributed by atoms with Crippen LogP contribution in [0.2, 0.25) is 0 Å². The first-order valence-electron chi connectivity index (χ1n) is 9.48. The summed E-state index contributed by atoms with van der Waals surface area (Å²) in [5.74, 6) is 0.821. The van der Waals surface area contributed by atoms with Gasteiger partial charge in [0.15, 0.2) is 11.2 Å². The molecule has 0 amide bonds. The molecule has 3 heterocycles.